The number of rotatable bonds is 9. The van der Waals surface area contributed by atoms with Crippen molar-refractivity contribution in [3.63, 3.8) is 0 Å². The highest BCUT2D eigenvalue weighted by atomic mass is 32.2. The van der Waals surface area contributed by atoms with Gasteiger partial charge in [-0.2, -0.15) is 5.06 Å². The molecule has 3 aromatic rings. The largest absolute Gasteiger partial charge is 0.493 e. The normalized spacial score (nSPS) is 18.8. The van der Waals surface area contributed by atoms with Crippen molar-refractivity contribution >= 4 is 10.0 Å². The van der Waals surface area contributed by atoms with Crippen LogP contribution in [0.4, 0.5) is 0 Å². The Kier molecular flexibility index (Phi) is 7.24. The molecule has 174 valence electrons. The van der Waals surface area contributed by atoms with Crippen molar-refractivity contribution in [3.8, 4) is 11.5 Å². The lowest BCUT2D eigenvalue weighted by atomic mass is 10.0. The molecule has 1 aliphatic rings. The lowest BCUT2D eigenvalue weighted by molar-refractivity contribution is -0.110. The van der Waals surface area contributed by atoms with Crippen LogP contribution in [0, 0.1) is 0 Å². The average Bonchev–Trinajstić information content (AvgIpc) is 3.25. The zero-order valence-corrected chi connectivity index (χ0v) is 19.4. The van der Waals surface area contributed by atoms with E-state index in [-0.39, 0.29) is 13.2 Å². The summed E-state index contributed by atoms with van der Waals surface area (Å²) >= 11 is 0. The van der Waals surface area contributed by atoms with Crippen molar-refractivity contribution in [3.05, 3.63) is 89.7 Å². The van der Waals surface area contributed by atoms with Crippen LogP contribution < -0.4 is 14.2 Å². The van der Waals surface area contributed by atoms with Crippen molar-refractivity contribution in [1.29, 1.82) is 0 Å². The molecule has 33 heavy (non-hydrogen) atoms. The van der Waals surface area contributed by atoms with Gasteiger partial charge in [-0.15, -0.1) is 0 Å². The molecule has 0 bridgehead atoms. The van der Waals surface area contributed by atoms with Crippen LogP contribution in [-0.4, -0.2) is 44.5 Å². The van der Waals surface area contributed by atoms with E-state index in [2.05, 4.69) is 9.71 Å². The monoisotopic (exact) mass is 469 g/mol. The van der Waals surface area contributed by atoms with Crippen LogP contribution in [0.2, 0.25) is 0 Å². The number of sulfonamides is 1. The Morgan fingerprint density at radius 1 is 1.09 bits per heavy atom. The molecule has 1 aliphatic heterocycles. The van der Waals surface area contributed by atoms with Crippen LogP contribution in [-0.2, 0) is 28.0 Å². The number of benzene rings is 2. The summed E-state index contributed by atoms with van der Waals surface area (Å²) < 4.78 is 40.4. The van der Waals surface area contributed by atoms with E-state index in [1.807, 2.05) is 42.5 Å². The Balaban J connectivity index is 1.51. The van der Waals surface area contributed by atoms with Crippen LogP contribution in [0.1, 0.15) is 22.9 Å². The number of hydroxylamine groups is 2. The summed E-state index contributed by atoms with van der Waals surface area (Å²) in [4.78, 5) is 9.78. The summed E-state index contributed by atoms with van der Waals surface area (Å²) in [7, 11) is -0.404. The maximum absolute atomic E-state index is 13.1. The van der Waals surface area contributed by atoms with Gasteiger partial charge in [0, 0.05) is 13.2 Å². The number of pyridine rings is 1. The highest BCUT2D eigenvalue weighted by molar-refractivity contribution is 7.90. The molecule has 0 spiro atoms. The predicted octanol–water partition coefficient (Wildman–Crippen LogP) is 3.08. The molecule has 9 heteroatoms. The zero-order chi connectivity index (χ0) is 23.3. The molecule has 2 heterocycles. The SMILES string of the molecule is COc1cc([C@H]2[C@@H](S(=O)(=O)NCc3ccccn3)CON2C)ccc1OCc1ccccc1. The molecular weight excluding hydrogens is 442 g/mol. The molecule has 1 fully saturated rings. The van der Waals surface area contributed by atoms with E-state index in [0.717, 1.165) is 11.1 Å². The average molecular weight is 470 g/mol. The van der Waals surface area contributed by atoms with Gasteiger partial charge in [-0.1, -0.05) is 42.5 Å². The van der Waals surface area contributed by atoms with Crippen LogP contribution in [0.15, 0.2) is 72.9 Å². The fourth-order valence-electron chi connectivity index (χ4n) is 3.79. The second kappa shape index (κ2) is 10.3. The van der Waals surface area contributed by atoms with Crippen molar-refractivity contribution in [2.24, 2.45) is 0 Å². The molecule has 4 rings (SSSR count). The molecule has 8 nitrogen and oxygen atoms in total. The first kappa shape index (κ1) is 23.2. The Morgan fingerprint density at radius 3 is 2.61 bits per heavy atom. The van der Waals surface area contributed by atoms with E-state index >= 15 is 0 Å². The van der Waals surface area contributed by atoms with Crippen LogP contribution >= 0.6 is 0 Å². The lowest BCUT2D eigenvalue weighted by Gasteiger charge is -2.24. The third kappa shape index (κ3) is 5.51. The number of nitrogens with one attached hydrogen (secondary N) is 1. The maximum Gasteiger partial charge on any atom is 0.219 e. The minimum Gasteiger partial charge on any atom is -0.493 e. The summed E-state index contributed by atoms with van der Waals surface area (Å²) in [6.07, 6.45) is 1.63. The molecule has 1 N–H and O–H groups in total. The van der Waals surface area contributed by atoms with Gasteiger partial charge in [0.05, 0.1) is 32.0 Å². The van der Waals surface area contributed by atoms with Crippen molar-refractivity contribution < 1.29 is 22.7 Å². The van der Waals surface area contributed by atoms with Gasteiger partial charge in [0.2, 0.25) is 10.0 Å². The molecule has 2 atom stereocenters. The molecule has 0 amide bonds. The van der Waals surface area contributed by atoms with Gasteiger partial charge in [-0.3, -0.25) is 9.82 Å². The summed E-state index contributed by atoms with van der Waals surface area (Å²) in [5.74, 6) is 1.11. The Morgan fingerprint density at radius 2 is 1.88 bits per heavy atom. The topological polar surface area (TPSA) is 90.0 Å². The molecule has 0 aliphatic carbocycles. The first-order chi connectivity index (χ1) is 16.0. The van der Waals surface area contributed by atoms with Gasteiger partial charge in [0.15, 0.2) is 11.5 Å². The van der Waals surface area contributed by atoms with Gasteiger partial charge >= 0.3 is 0 Å². The Hall–Kier alpha value is -2.98. The van der Waals surface area contributed by atoms with Crippen LogP contribution in [0.3, 0.4) is 0 Å². The van der Waals surface area contributed by atoms with Crippen molar-refractivity contribution in [2.45, 2.75) is 24.4 Å². The second-order valence-corrected chi connectivity index (χ2v) is 9.68. The minimum absolute atomic E-state index is 0.0489. The van der Waals surface area contributed by atoms with E-state index in [9.17, 15) is 8.42 Å². The van der Waals surface area contributed by atoms with E-state index in [1.54, 1.807) is 49.7 Å². The quantitative estimate of drug-likeness (QED) is 0.515. The third-order valence-corrected chi connectivity index (χ3v) is 7.27. The summed E-state index contributed by atoms with van der Waals surface area (Å²) in [5.41, 5.74) is 2.44. The second-order valence-electron chi connectivity index (χ2n) is 7.70. The number of hydrogen-bond acceptors (Lipinski definition) is 7. The summed E-state index contributed by atoms with van der Waals surface area (Å²) in [6.45, 7) is 0.566. The molecule has 0 radical (unpaired) electrons. The predicted molar refractivity (Wildman–Crippen MR) is 124 cm³/mol. The lowest BCUT2D eigenvalue weighted by Crippen LogP contribution is -2.39. The number of aromatic nitrogens is 1. The fraction of sp³-hybridized carbons (Fsp3) is 0.292. The fourth-order valence-corrected chi connectivity index (χ4v) is 5.26. The number of ether oxygens (including phenoxy) is 2. The molecular formula is C24H27N3O5S. The summed E-state index contributed by atoms with van der Waals surface area (Å²) in [6, 6.07) is 20.2. The van der Waals surface area contributed by atoms with Gasteiger partial charge in [0.1, 0.15) is 11.9 Å². The Labute approximate surface area is 194 Å². The van der Waals surface area contributed by atoms with Gasteiger partial charge in [0.25, 0.3) is 0 Å². The van der Waals surface area contributed by atoms with E-state index < -0.39 is 21.3 Å². The Bertz CT molecular complexity index is 1160. The number of hydrogen-bond donors (Lipinski definition) is 1. The van der Waals surface area contributed by atoms with Gasteiger partial charge in [-0.05, 0) is 35.4 Å². The smallest absolute Gasteiger partial charge is 0.219 e. The third-order valence-electron chi connectivity index (χ3n) is 5.53. The van der Waals surface area contributed by atoms with Crippen LogP contribution in [0.25, 0.3) is 0 Å². The van der Waals surface area contributed by atoms with E-state index in [0.29, 0.717) is 23.8 Å². The maximum atomic E-state index is 13.1. The highest BCUT2D eigenvalue weighted by Crippen LogP contribution is 2.38. The first-order valence-corrected chi connectivity index (χ1v) is 12.1. The molecule has 0 unspecified atom stereocenters. The van der Waals surface area contributed by atoms with E-state index in [1.165, 1.54) is 0 Å². The highest BCUT2D eigenvalue weighted by Gasteiger charge is 2.43. The standard InChI is InChI=1S/C24H27N3O5S/c1-27-24(23(17-32-27)33(28,29)26-15-20-10-6-7-13-25-20)19-11-12-21(22(14-19)30-2)31-16-18-8-4-3-5-9-18/h3-14,23-24,26H,15-17H2,1-2H3/t23-,24-/m0/s1. The molecule has 0 saturated carbocycles. The first-order valence-electron chi connectivity index (χ1n) is 10.6. The van der Waals surface area contributed by atoms with Gasteiger partial charge < -0.3 is 9.47 Å². The number of nitrogens with zero attached hydrogens (tertiary/aromatic N) is 2. The van der Waals surface area contributed by atoms with Crippen molar-refractivity contribution in [2.75, 3.05) is 20.8 Å². The minimum atomic E-state index is -3.69. The van der Waals surface area contributed by atoms with Crippen molar-refractivity contribution in [1.82, 2.24) is 14.8 Å². The molecule has 2 aromatic carbocycles. The van der Waals surface area contributed by atoms with Crippen LogP contribution in [0.5, 0.6) is 11.5 Å². The molecule has 1 aromatic heterocycles. The zero-order valence-electron chi connectivity index (χ0n) is 18.5. The van der Waals surface area contributed by atoms with E-state index in [4.69, 9.17) is 14.3 Å². The van der Waals surface area contributed by atoms with Gasteiger partial charge in [-0.25, -0.2) is 13.1 Å². The summed E-state index contributed by atoms with van der Waals surface area (Å²) in [5, 5.41) is 0.774. The molecule has 1 saturated heterocycles. The number of methoxy groups -OCH3 is 1.